The fourth-order valence-corrected chi connectivity index (χ4v) is 3.05. The topological polar surface area (TPSA) is 63.2 Å². The summed E-state index contributed by atoms with van der Waals surface area (Å²) in [5.41, 5.74) is 4.72. The van der Waals surface area contributed by atoms with Crippen LogP contribution in [0.1, 0.15) is 27.0 Å². The molecular formula is C23H25N3O2. The van der Waals surface area contributed by atoms with E-state index in [9.17, 15) is 4.79 Å². The lowest BCUT2D eigenvalue weighted by Gasteiger charge is -2.11. The van der Waals surface area contributed by atoms with Crippen LogP contribution in [0.3, 0.4) is 0 Å². The summed E-state index contributed by atoms with van der Waals surface area (Å²) in [4.78, 5) is 16.9. The average Bonchev–Trinajstić information content (AvgIpc) is 2.70. The summed E-state index contributed by atoms with van der Waals surface area (Å²) in [6.45, 7) is 4.71. The van der Waals surface area contributed by atoms with E-state index in [4.69, 9.17) is 4.74 Å². The minimum Gasteiger partial charge on any atom is -0.496 e. The van der Waals surface area contributed by atoms with Crippen LogP contribution in [0.2, 0.25) is 0 Å². The molecule has 0 fully saturated rings. The summed E-state index contributed by atoms with van der Waals surface area (Å²) >= 11 is 0. The maximum absolute atomic E-state index is 12.6. The van der Waals surface area contributed by atoms with Gasteiger partial charge in [0.2, 0.25) is 0 Å². The van der Waals surface area contributed by atoms with Crippen LogP contribution in [0, 0.1) is 13.8 Å². The lowest BCUT2D eigenvalue weighted by Crippen LogP contribution is -2.14. The first-order valence-electron chi connectivity index (χ1n) is 9.27. The van der Waals surface area contributed by atoms with Gasteiger partial charge in [0, 0.05) is 24.0 Å². The van der Waals surface area contributed by atoms with Crippen molar-refractivity contribution in [1.82, 2.24) is 4.98 Å². The minimum atomic E-state index is -0.151. The predicted octanol–water partition coefficient (Wildman–Crippen LogP) is 4.61. The number of aryl methyl sites for hydroxylation is 2. The van der Waals surface area contributed by atoms with Gasteiger partial charge in [-0.1, -0.05) is 35.9 Å². The molecule has 5 heteroatoms. The normalized spacial score (nSPS) is 10.4. The molecule has 28 heavy (non-hydrogen) atoms. The van der Waals surface area contributed by atoms with E-state index in [1.54, 1.807) is 25.4 Å². The van der Waals surface area contributed by atoms with Crippen LogP contribution in [0.4, 0.5) is 11.5 Å². The molecule has 0 aliphatic heterocycles. The van der Waals surface area contributed by atoms with Crippen molar-refractivity contribution < 1.29 is 9.53 Å². The zero-order chi connectivity index (χ0) is 19.9. The smallest absolute Gasteiger partial charge is 0.255 e. The Bertz CT molecular complexity index is 970. The van der Waals surface area contributed by atoms with Gasteiger partial charge in [0.25, 0.3) is 5.91 Å². The maximum atomic E-state index is 12.6. The Morgan fingerprint density at radius 3 is 2.68 bits per heavy atom. The molecule has 0 aliphatic rings. The first-order chi connectivity index (χ1) is 13.6. The van der Waals surface area contributed by atoms with Crippen molar-refractivity contribution in [2.75, 3.05) is 24.3 Å². The summed E-state index contributed by atoms with van der Waals surface area (Å²) < 4.78 is 5.38. The van der Waals surface area contributed by atoms with Crippen LogP contribution in [0.5, 0.6) is 5.75 Å². The number of methoxy groups -OCH3 is 1. The molecule has 144 valence electrons. The molecule has 0 atom stereocenters. The number of nitrogens with zero attached hydrogens (tertiary/aromatic N) is 1. The van der Waals surface area contributed by atoms with Crippen molar-refractivity contribution >= 4 is 17.4 Å². The molecule has 1 heterocycles. The first kappa shape index (κ1) is 19.4. The Morgan fingerprint density at radius 1 is 1.07 bits per heavy atom. The summed E-state index contributed by atoms with van der Waals surface area (Å²) in [7, 11) is 1.67. The van der Waals surface area contributed by atoms with E-state index >= 15 is 0 Å². The van der Waals surface area contributed by atoms with Gasteiger partial charge in [-0.3, -0.25) is 4.79 Å². The number of aromatic nitrogens is 1. The molecule has 0 radical (unpaired) electrons. The predicted molar refractivity (Wildman–Crippen MR) is 113 cm³/mol. The third-order valence-electron chi connectivity index (χ3n) is 4.55. The highest BCUT2D eigenvalue weighted by Gasteiger charge is 2.09. The van der Waals surface area contributed by atoms with Gasteiger partial charge in [0.15, 0.2) is 0 Å². The van der Waals surface area contributed by atoms with Gasteiger partial charge in [-0.2, -0.15) is 0 Å². The minimum absolute atomic E-state index is 0.151. The molecule has 0 unspecified atom stereocenters. The highest BCUT2D eigenvalue weighted by Crippen LogP contribution is 2.19. The number of rotatable bonds is 7. The van der Waals surface area contributed by atoms with Crippen LogP contribution in [-0.2, 0) is 6.42 Å². The number of carbonyl (C=O) groups excluding carboxylic acids is 1. The summed E-state index contributed by atoms with van der Waals surface area (Å²) in [5, 5.41) is 6.24. The van der Waals surface area contributed by atoms with Gasteiger partial charge in [-0.05, 0) is 55.7 Å². The number of carbonyl (C=O) groups is 1. The Kier molecular flexibility index (Phi) is 6.27. The van der Waals surface area contributed by atoms with Crippen molar-refractivity contribution in [3.8, 4) is 5.75 Å². The van der Waals surface area contributed by atoms with Crippen LogP contribution < -0.4 is 15.4 Å². The number of para-hydroxylation sites is 1. The maximum Gasteiger partial charge on any atom is 0.255 e. The fourth-order valence-electron chi connectivity index (χ4n) is 3.05. The summed E-state index contributed by atoms with van der Waals surface area (Å²) in [6, 6.07) is 17.4. The number of hydrogen-bond donors (Lipinski definition) is 2. The second-order valence-electron chi connectivity index (χ2n) is 6.69. The van der Waals surface area contributed by atoms with E-state index in [2.05, 4.69) is 15.6 Å². The zero-order valence-corrected chi connectivity index (χ0v) is 16.5. The highest BCUT2D eigenvalue weighted by molar-refractivity contribution is 6.05. The molecule has 1 amide bonds. The molecule has 0 aliphatic carbocycles. The highest BCUT2D eigenvalue weighted by atomic mass is 16.5. The molecule has 3 aromatic rings. The van der Waals surface area contributed by atoms with Gasteiger partial charge >= 0.3 is 0 Å². The van der Waals surface area contributed by atoms with E-state index in [-0.39, 0.29) is 5.91 Å². The van der Waals surface area contributed by atoms with Crippen molar-refractivity contribution in [2.24, 2.45) is 0 Å². The van der Waals surface area contributed by atoms with Gasteiger partial charge in [0.05, 0.1) is 7.11 Å². The van der Waals surface area contributed by atoms with Crippen LogP contribution in [-0.4, -0.2) is 24.5 Å². The third-order valence-corrected chi connectivity index (χ3v) is 4.55. The SMILES string of the molecule is COc1ccccc1CCNc1cc(C(=O)Nc2ccc(C)cc2C)ccn1. The van der Waals surface area contributed by atoms with E-state index in [1.807, 2.05) is 56.3 Å². The number of anilines is 2. The van der Waals surface area contributed by atoms with Gasteiger partial charge < -0.3 is 15.4 Å². The Balaban J connectivity index is 1.62. The molecule has 1 aromatic heterocycles. The van der Waals surface area contributed by atoms with E-state index in [0.717, 1.165) is 29.0 Å². The van der Waals surface area contributed by atoms with Gasteiger partial charge in [-0.25, -0.2) is 4.98 Å². The van der Waals surface area contributed by atoms with Crippen LogP contribution in [0.25, 0.3) is 0 Å². The largest absolute Gasteiger partial charge is 0.496 e. The summed E-state index contributed by atoms with van der Waals surface area (Å²) in [5.74, 6) is 1.39. The zero-order valence-electron chi connectivity index (χ0n) is 16.5. The lowest BCUT2D eigenvalue weighted by molar-refractivity contribution is 0.102. The Morgan fingerprint density at radius 2 is 1.89 bits per heavy atom. The van der Waals surface area contributed by atoms with Crippen molar-refractivity contribution in [1.29, 1.82) is 0 Å². The standard InChI is InChI=1S/C23H25N3O2/c1-16-8-9-20(17(2)14-16)26-23(27)19-11-13-25-22(15-19)24-12-10-18-6-4-5-7-21(18)28-3/h4-9,11,13-15H,10,12H2,1-3H3,(H,24,25)(H,26,27). The van der Waals surface area contributed by atoms with Gasteiger partial charge in [-0.15, -0.1) is 0 Å². The van der Waals surface area contributed by atoms with E-state index < -0.39 is 0 Å². The monoisotopic (exact) mass is 375 g/mol. The average molecular weight is 375 g/mol. The number of hydrogen-bond acceptors (Lipinski definition) is 4. The van der Waals surface area contributed by atoms with Crippen LogP contribution >= 0.6 is 0 Å². The molecule has 0 saturated heterocycles. The third kappa shape index (κ3) is 4.88. The molecule has 0 bridgehead atoms. The number of pyridine rings is 1. The molecule has 0 spiro atoms. The lowest BCUT2D eigenvalue weighted by atomic mass is 10.1. The number of benzene rings is 2. The van der Waals surface area contributed by atoms with E-state index in [1.165, 1.54) is 5.56 Å². The quantitative estimate of drug-likeness (QED) is 0.633. The van der Waals surface area contributed by atoms with Crippen molar-refractivity contribution in [3.63, 3.8) is 0 Å². The molecule has 2 aromatic carbocycles. The molecule has 0 saturated carbocycles. The number of ether oxygens (including phenoxy) is 1. The first-order valence-corrected chi connectivity index (χ1v) is 9.27. The molecule has 2 N–H and O–H groups in total. The number of amides is 1. The van der Waals surface area contributed by atoms with E-state index in [0.29, 0.717) is 17.9 Å². The van der Waals surface area contributed by atoms with Gasteiger partial charge in [0.1, 0.15) is 11.6 Å². The number of nitrogens with one attached hydrogen (secondary N) is 2. The second kappa shape index (κ2) is 9.04. The van der Waals surface area contributed by atoms with Crippen molar-refractivity contribution in [2.45, 2.75) is 20.3 Å². The fraction of sp³-hybridized carbons (Fsp3) is 0.217. The molecule has 3 rings (SSSR count). The Labute approximate surface area is 165 Å². The Hall–Kier alpha value is -3.34. The molecular weight excluding hydrogens is 350 g/mol. The second-order valence-corrected chi connectivity index (χ2v) is 6.69. The van der Waals surface area contributed by atoms with Crippen LogP contribution in [0.15, 0.2) is 60.8 Å². The van der Waals surface area contributed by atoms with Crippen molar-refractivity contribution in [3.05, 3.63) is 83.0 Å². The summed E-state index contributed by atoms with van der Waals surface area (Å²) in [6.07, 6.45) is 2.44. The molecule has 5 nitrogen and oxygen atoms in total.